The molecule has 0 amide bonds. The first kappa shape index (κ1) is 14.5. The van der Waals surface area contributed by atoms with Crippen LogP contribution in [0.3, 0.4) is 0 Å². The van der Waals surface area contributed by atoms with E-state index in [0.29, 0.717) is 30.0 Å². The lowest BCUT2D eigenvalue weighted by Gasteiger charge is -2.40. The van der Waals surface area contributed by atoms with Gasteiger partial charge in [0.25, 0.3) is 0 Å². The Balaban J connectivity index is 1.74. The van der Waals surface area contributed by atoms with E-state index >= 15 is 0 Å². The van der Waals surface area contributed by atoms with E-state index in [4.69, 9.17) is 0 Å². The lowest BCUT2D eigenvalue weighted by atomic mass is 9.62. The summed E-state index contributed by atoms with van der Waals surface area (Å²) in [5, 5.41) is 2.63. The minimum Gasteiger partial charge on any atom is -0.299 e. The minimum atomic E-state index is 0.0894. The molecular weight excluding hydrogens is 292 g/mol. The van der Waals surface area contributed by atoms with Crippen molar-refractivity contribution in [1.82, 2.24) is 0 Å². The van der Waals surface area contributed by atoms with Gasteiger partial charge in [-0.2, -0.15) is 0 Å². The SMILES string of the molecule is CC(C)c1ccc2cc3c(cc2c1)C1(CC(=O)C3)CC2C=CC1C2. The summed E-state index contributed by atoms with van der Waals surface area (Å²) in [6, 6.07) is 11.5. The second-order valence-corrected chi connectivity index (χ2v) is 8.51. The molecule has 2 aromatic carbocycles. The van der Waals surface area contributed by atoms with Crippen LogP contribution in [-0.2, 0) is 16.6 Å². The van der Waals surface area contributed by atoms with Crippen molar-refractivity contribution in [2.75, 3.05) is 0 Å². The van der Waals surface area contributed by atoms with Crippen LogP contribution in [0.4, 0.5) is 0 Å². The molecular formula is C23H24O. The Hall–Kier alpha value is -1.89. The van der Waals surface area contributed by atoms with Gasteiger partial charge in [-0.15, -0.1) is 0 Å². The minimum absolute atomic E-state index is 0.0894. The zero-order valence-electron chi connectivity index (χ0n) is 14.5. The predicted molar refractivity (Wildman–Crippen MR) is 98.4 cm³/mol. The zero-order valence-corrected chi connectivity index (χ0v) is 14.5. The van der Waals surface area contributed by atoms with Gasteiger partial charge in [-0.3, -0.25) is 4.79 Å². The second-order valence-electron chi connectivity index (χ2n) is 8.51. The molecule has 1 fully saturated rings. The van der Waals surface area contributed by atoms with Crippen molar-refractivity contribution in [2.24, 2.45) is 11.8 Å². The predicted octanol–water partition coefficient (Wildman–Crippen LogP) is 5.31. The van der Waals surface area contributed by atoms with Crippen molar-refractivity contribution >= 4 is 16.6 Å². The molecule has 1 heteroatoms. The largest absolute Gasteiger partial charge is 0.299 e. The number of allylic oxidation sites excluding steroid dienone is 2. The Kier molecular flexibility index (Phi) is 2.90. The van der Waals surface area contributed by atoms with Crippen LogP contribution >= 0.6 is 0 Å². The number of hydrogen-bond donors (Lipinski definition) is 0. The van der Waals surface area contributed by atoms with Gasteiger partial charge in [0.1, 0.15) is 5.78 Å². The van der Waals surface area contributed by atoms with Crippen molar-refractivity contribution in [1.29, 1.82) is 0 Å². The summed E-state index contributed by atoms with van der Waals surface area (Å²) in [6.45, 7) is 4.50. The van der Waals surface area contributed by atoms with E-state index in [-0.39, 0.29) is 5.41 Å². The Labute approximate surface area is 143 Å². The summed E-state index contributed by atoms with van der Waals surface area (Å²) in [7, 11) is 0. The fourth-order valence-electron chi connectivity index (χ4n) is 5.52. The van der Waals surface area contributed by atoms with Crippen LogP contribution in [0.1, 0.15) is 55.7 Å². The number of carbonyl (C=O) groups excluding carboxylic acids is 1. The summed E-state index contributed by atoms with van der Waals surface area (Å²) in [5.41, 5.74) is 4.26. The summed E-state index contributed by atoms with van der Waals surface area (Å²) in [4.78, 5) is 12.5. The topological polar surface area (TPSA) is 17.1 Å². The molecule has 1 nitrogen and oxygen atoms in total. The number of Topliss-reactive ketones (excluding diaryl/α,β-unsaturated/α-hetero) is 1. The molecule has 0 N–H and O–H groups in total. The molecule has 3 unspecified atom stereocenters. The van der Waals surface area contributed by atoms with Crippen LogP contribution in [0.25, 0.3) is 10.8 Å². The molecule has 1 spiro atoms. The Morgan fingerprint density at radius 1 is 1.08 bits per heavy atom. The molecule has 3 atom stereocenters. The van der Waals surface area contributed by atoms with Gasteiger partial charge in [-0.05, 0) is 58.1 Å². The highest BCUT2D eigenvalue weighted by Gasteiger charge is 2.52. The van der Waals surface area contributed by atoms with Crippen LogP contribution < -0.4 is 0 Å². The van der Waals surface area contributed by atoms with Gasteiger partial charge >= 0.3 is 0 Å². The van der Waals surface area contributed by atoms with Gasteiger partial charge in [-0.1, -0.05) is 56.3 Å². The highest BCUT2D eigenvalue weighted by molar-refractivity contribution is 5.91. The third kappa shape index (κ3) is 1.90. The van der Waals surface area contributed by atoms with Crippen LogP contribution in [0.5, 0.6) is 0 Å². The fourth-order valence-corrected chi connectivity index (χ4v) is 5.52. The van der Waals surface area contributed by atoms with Crippen LogP contribution in [0.15, 0.2) is 42.5 Å². The van der Waals surface area contributed by atoms with Gasteiger partial charge in [0.15, 0.2) is 0 Å². The highest BCUT2D eigenvalue weighted by atomic mass is 16.1. The van der Waals surface area contributed by atoms with E-state index < -0.39 is 0 Å². The quantitative estimate of drug-likeness (QED) is 0.651. The number of rotatable bonds is 1. The number of hydrogen-bond acceptors (Lipinski definition) is 1. The van der Waals surface area contributed by atoms with E-state index in [0.717, 1.165) is 6.42 Å². The normalized spacial score (nSPS) is 30.7. The van der Waals surface area contributed by atoms with Crippen molar-refractivity contribution in [3.63, 3.8) is 0 Å². The molecule has 24 heavy (non-hydrogen) atoms. The van der Waals surface area contributed by atoms with Gasteiger partial charge in [0.2, 0.25) is 0 Å². The molecule has 3 aliphatic carbocycles. The van der Waals surface area contributed by atoms with Crippen LogP contribution in [-0.4, -0.2) is 5.78 Å². The van der Waals surface area contributed by atoms with E-state index in [1.165, 1.54) is 40.3 Å². The van der Waals surface area contributed by atoms with E-state index in [1.807, 2.05) is 0 Å². The van der Waals surface area contributed by atoms with E-state index in [2.05, 4.69) is 56.3 Å². The average Bonchev–Trinajstić information content (AvgIpc) is 3.14. The molecule has 2 aromatic rings. The van der Waals surface area contributed by atoms with Crippen molar-refractivity contribution in [3.05, 3.63) is 59.2 Å². The number of fused-ring (bicyclic) bond motifs is 6. The molecule has 0 aromatic heterocycles. The summed E-state index contributed by atoms with van der Waals surface area (Å²) >= 11 is 0. The highest BCUT2D eigenvalue weighted by Crippen LogP contribution is 2.58. The maximum atomic E-state index is 12.5. The van der Waals surface area contributed by atoms with Crippen LogP contribution in [0, 0.1) is 11.8 Å². The third-order valence-electron chi connectivity index (χ3n) is 6.70. The molecule has 2 bridgehead atoms. The van der Waals surface area contributed by atoms with Crippen LogP contribution in [0.2, 0.25) is 0 Å². The molecule has 0 saturated heterocycles. The Morgan fingerprint density at radius 2 is 1.96 bits per heavy atom. The van der Waals surface area contributed by atoms with E-state index in [9.17, 15) is 4.79 Å². The summed E-state index contributed by atoms with van der Waals surface area (Å²) in [5.74, 6) is 2.23. The molecule has 0 heterocycles. The van der Waals surface area contributed by atoms with Crippen molar-refractivity contribution in [2.45, 2.75) is 50.9 Å². The first-order valence-corrected chi connectivity index (χ1v) is 9.32. The Bertz CT molecular complexity index is 888. The van der Waals surface area contributed by atoms with Crippen molar-refractivity contribution < 1.29 is 4.79 Å². The lowest BCUT2D eigenvalue weighted by molar-refractivity contribution is -0.120. The van der Waals surface area contributed by atoms with Crippen molar-refractivity contribution in [3.8, 4) is 0 Å². The number of carbonyl (C=O) groups is 1. The third-order valence-corrected chi connectivity index (χ3v) is 6.70. The molecule has 0 radical (unpaired) electrons. The first-order chi connectivity index (χ1) is 11.5. The second kappa shape index (κ2) is 4.81. The summed E-state index contributed by atoms with van der Waals surface area (Å²) in [6.07, 6.45) is 8.57. The molecule has 1 saturated carbocycles. The zero-order chi connectivity index (χ0) is 16.5. The molecule has 122 valence electrons. The molecule has 5 rings (SSSR count). The monoisotopic (exact) mass is 316 g/mol. The molecule has 3 aliphatic rings. The maximum absolute atomic E-state index is 12.5. The average molecular weight is 316 g/mol. The molecule has 0 aliphatic heterocycles. The van der Waals surface area contributed by atoms with Gasteiger partial charge in [0.05, 0.1) is 0 Å². The smallest absolute Gasteiger partial charge is 0.138 e. The fraction of sp³-hybridized carbons (Fsp3) is 0.435. The maximum Gasteiger partial charge on any atom is 0.138 e. The number of benzene rings is 2. The van der Waals surface area contributed by atoms with Gasteiger partial charge in [-0.25, -0.2) is 0 Å². The summed E-state index contributed by atoms with van der Waals surface area (Å²) < 4.78 is 0. The van der Waals surface area contributed by atoms with Gasteiger partial charge in [0, 0.05) is 18.3 Å². The standard InChI is InChI=1S/C23H24O/c1-14(2)16-4-5-17-9-19-10-21(24)13-23(22(19)11-18(17)8-16)12-15-3-6-20(23)7-15/h3-6,8-9,11,14-15,20H,7,10,12-13H2,1-2H3. The number of ketones is 1. The van der Waals surface area contributed by atoms with E-state index in [1.54, 1.807) is 0 Å². The Morgan fingerprint density at radius 3 is 2.67 bits per heavy atom. The first-order valence-electron chi connectivity index (χ1n) is 9.32. The van der Waals surface area contributed by atoms with Gasteiger partial charge < -0.3 is 0 Å². The lowest BCUT2D eigenvalue weighted by Crippen LogP contribution is -2.38.